The molecular formula is C13H18N4O2. The molecule has 6 nitrogen and oxygen atoms in total. The Hall–Kier alpha value is -2.16. The molecular weight excluding hydrogens is 244 g/mol. The summed E-state index contributed by atoms with van der Waals surface area (Å²) in [5.41, 5.74) is 0.768. The molecule has 0 radical (unpaired) electrons. The fraction of sp³-hybridized carbons (Fsp3) is 0.538. The molecule has 6 heteroatoms. The second-order valence-electron chi connectivity index (χ2n) is 4.72. The molecule has 0 unspecified atom stereocenters. The number of nitrogens with one attached hydrogen (secondary N) is 1. The van der Waals surface area contributed by atoms with Crippen molar-refractivity contribution in [2.75, 3.05) is 5.32 Å². The maximum Gasteiger partial charge on any atom is 0.328 e. The molecule has 0 saturated heterocycles. The molecule has 102 valence electrons. The summed E-state index contributed by atoms with van der Waals surface area (Å²) in [6.45, 7) is 6.90. The van der Waals surface area contributed by atoms with E-state index >= 15 is 0 Å². The largest absolute Gasteiger partial charge is 0.480 e. The zero-order valence-corrected chi connectivity index (χ0v) is 11.6. The Balaban J connectivity index is 3.31. The SMILES string of the molecule is CCc1nnc(NC(C)(C)C(=O)O)c(C#N)c1CC. The fourth-order valence-corrected chi connectivity index (χ4v) is 1.73. The van der Waals surface area contributed by atoms with Crippen LogP contribution < -0.4 is 5.32 Å². The van der Waals surface area contributed by atoms with Crippen molar-refractivity contribution in [2.45, 2.75) is 46.1 Å². The standard InChI is InChI=1S/C13H18N4O2/c1-5-8-9(7-14)11(17-16-10(8)6-2)15-13(3,4)12(18)19/h5-6H2,1-4H3,(H,15,17)(H,18,19). The predicted octanol–water partition coefficient (Wildman–Crippen LogP) is 1.75. The van der Waals surface area contributed by atoms with Crippen molar-refractivity contribution in [1.82, 2.24) is 10.2 Å². The van der Waals surface area contributed by atoms with Gasteiger partial charge >= 0.3 is 5.97 Å². The van der Waals surface area contributed by atoms with Crippen LogP contribution >= 0.6 is 0 Å². The molecule has 0 aliphatic rings. The normalized spacial score (nSPS) is 10.9. The van der Waals surface area contributed by atoms with Gasteiger partial charge in [0.15, 0.2) is 5.82 Å². The van der Waals surface area contributed by atoms with E-state index in [0.717, 1.165) is 11.3 Å². The predicted molar refractivity (Wildman–Crippen MR) is 70.8 cm³/mol. The Morgan fingerprint density at radius 2 is 2.00 bits per heavy atom. The molecule has 0 atom stereocenters. The van der Waals surface area contributed by atoms with Crippen molar-refractivity contribution in [3.63, 3.8) is 0 Å². The summed E-state index contributed by atoms with van der Waals surface area (Å²) in [5.74, 6) is -0.792. The first-order chi connectivity index (χ1) is 8.87. The summed E-state index contributed by atoms with van der Waals surface area (Å²) in [7, 11) is 0. The molecule has 0 amide bonds. The molecule has 0 bridgehead atoms. The molecule has 1 aromatic heterocycles. The number of aromatic nitrogens is 2. The number of aryl methyl sites for hydroxylation is 1. The molecule has 0 aliphatic carbocycles. The van der Waals surface area contributed by atoms with Crippen LogP contribution in [0.3, 0.4) is 0 Å². The quantitative estimate of drug-likeness (QED) is 0.838. The molecule has 1 rings (SSSR count). The van der Waals surface area contributed by atoms with Crippen molar-refractivity contribution in [2.24, 2.45) is 0 Å². The van der Waals surface area contributed by atoms with Crippen molar-refractivity contribution < 1.29 is 9.90 Å². The zero-order valence-electron chi connectivity index (χ0n) is 11.6. The Morgan fingerprint density at radius 1 is 1.37 bits per heavy atom. The van der Waals surface area contributed by atoms with Gasteiger partial charge in [-0.1, -0.05) is 13.8 Å². The molecule has 19 heavy (non-hydrogen) atoms. The maximum atomic E-state index is 11.1. The van der Waals surface area contributed by atoms with E-state index in [2.05, 4.69) is 21.6 Å². The highest BCUT2D eigenvalue weighted by molar-refractivity contribution is 5.81. The number of carboxylic acid groups (broad SMARTS) is 1. The molecule has 1 heterocycles. The smallest absolute Gasteiger partial charge is 0.328 e. The lowest BCUT2D eigenvalue weighted by atomic mass is 10.0. The van der Waals surface area contributed by atoms with Crippen LogP contribution in [0.2, 0.25) is 0 Å². The summed E-state index contributed by atoms with van der Waals surface area (Å²) in [5, 5.41) is 29.2. The highest BCUT2D eigenvalue weighted by Crippen LogP contribution is 2.22. The van der Waals surface area contributed by atoms with Crippen LogP contribution in [-0.2, 0) is 17.6 Å². The van der Waals surface area contributed by atoms with Gasteiger partial charge in [0.05, 0.1) is 5.69 Å². The fourth-order valence-electron chi connectivity index (χ4n) is 1.73. The number of nitriles is 1. The third kappa shape index (κ3) is 2.99. The van der Waals surface area contributed by atoms with Crippen LogP contribution in [0.4, 0.5) is 5.82 Å². The van der Waals surface area contributed by atoms with Gasteiger partial charge in [-0.25, -0.2) is 4.79 Å². The number of carbonyl (C=O) groups is 1. The second kappa shape index (κ2) is 5.65. The van der Waals surface area contributed by atoms with Crippen LogP contribution in [0.15, 0.2) is 0 Å². The third-order valence-corrected chi connectivity index (χ3v) is 2.92. The second-order valence-corrected chi connectivity index (χ2v) is 4.72. The minimum atomic E-state index is -1.21. The number of aliphatic carboxylic acids is 1. The van der Waals surface area contributed by atoms with Crippen molar-refractivity contribution in [3.8, 4) is 6.07 Å². The van der Waals surface area contributed by atoms with Crippen LogP contribution in [0, 0.1) is 11.3 Å². The van der Waals surface area contributed by atoms with Crippen molar-refractivity contribution in [3.05, 3.63) is 16.8 Å². The van der Waals surface area contributed by atoms with Gasteiger partial charge in [-0.15, -0.1) is 5.10 Å². The molecule has 0 aromatic carbocycles. The molecule has 0 saturated carbocycles. The lowest BCUT2D eigenvalue weighted by molar-refractivity contribution is -0.141. The summed E-state index contributed by atoms with van der Waals surface area (Å²) >= 11 is 0. The number of hydrogen-bond acceptors (Lipinski definition) is 5. The number of nitrogens with zero attached hydrogens (tertiary/aromatic N) is 3. The zero-order chi connectivity index (χ0) is 14.6. The van der Waals surface area contributed by atoms with Gasteiger partial charge < -0.3 is 10.4 Å². The van der Waals surface area contributed by atoms with Crippen LogP contribution in [0.25, 0.3) is 0 Å². The highest BCUT2D eigenvalue weighted by Gasteiger charge is 2.29. The van der Waals surface area contributed by atoms with Gasteiger partial charge in [-0.05, 0) is 32.3 Å². The number of carboxylic acids is 1. The summed E-state index contributed by atoms with van der Waals surface area (Å²) < 4.78 is 0. The van der Waals surface area contributed by atoms with Crippen LogP contribution in [0.1, 0.15) is 44.5 Å². The van der Waals surface area contributed by atoms with E-state index in [9.17, 15) is 10.1 Å². The van der Waals surface area contributed by atoms with E-state index in [1.165, 1.54) is 13.8 Å². The first-order valence-corrected chi connectivity index (χ1v) is 6.17. The third-order valence-electron chi connectivity index (χ3n) is 2.92. The van der Waals surface area contributed by atoms with Crippen LogP contribution in [-0.4, -0.2) is 26.8 Å². The molecule has 0 spiro atoms. The lowest BCUT2D eigenvalue weighted by Gasteiger charge is -2.22. The number of anilines is 1. The van der Waals surface area contributed by atoms with E-state index < -0.39 is 11.5 Å². The van der Waals surface area contributed by atoms with Gasteiger partial charge in [-0.3, -0.25) is 0 Å². The number of hydrogen-bond donors (Lipinski definition) is 2. The Kier molecular flexibility index (Phi) is 4.43. The molecule has 1 aromatic rings. The van der Waals surface area contributed by atoms with Gasteiger partial charge in [-0.2, -0.15) is 10.4 Å². The van der Waals surface area contributed by atoms with E-state index in [0.29, 0.717) is 18.4 Å². The van der Waals surface area contributed by atoms with Gasteiger partial charge in [0.1, 0.15) is 17.2 Å². The summed E-state index contributed by atoms with van der Waals surface area (Å²) in [6.07, 6.45) is 1.34. The average molecular weight is 262 g/mol. The van der Waals surface area contributed by atoms with Gasteiger partial charge in [0.2, 0.25) is 0 Å². The summed E-state index contributed by atoms with van der Waals surface area (Å²) in [4.78, 5) is 11.1. The van der Waals surface area contributed by atoms with Crippen LogP contribution in [0.5, 0.6) is 0 Å². The van der Waals surface area contributed by atoms with E-state index in [4.69, 9.17) is 5.11 Å². The average Bonchev–Trinajstić information content (AvgIpc) is 2.37. The Morgan fingerprint density at radius 3 is 2.42 bits per heavy atom. The summed E-state index contributed by atoms with van der Waals surface area (Å²) in [6, 6.07) is 2.09. The van der Waals surface area contributed by atoms with E-state index in [1.54, 1.807) is 0 Å². The molecule has 2 N–H and O–H groups in total. The highest BCUT2D eigenvalue weighted by atomic mass is 16.4. The first kappa shape index (κ1) is 14.9. The minimum absolute atomic E-state index is 0.226. The Labute approximate surface area is 112 Å². The van der Waals surface area contributed by atoms with Gasteiger partial charge in [0.25, 0.3) is 0 Å². The van der Waals surface area contributed by atoms with Crippen molar-refractivity contribution >= 4 is 11.8 Å². The number of rotatable bonds is 5. The van der Waals surface area contributed by atoms with E-state index in [-0.39, 0.29) is 5.82 Å². The first-order valence-electron chi connectivity index (χ1n) is 6.17. The minimum Gasteiger partial charge on any atom is -0.480 e. The molecule has 0 fully saturated rings. The van der Waals surface area contributed by atoms with E-state index in [1.807, 2.05) is 13.8 Å². The topological polar surface area (TPSA) is 98.9 Å². The maximum absolute atomic E-state index is 11.1. The monoisotopic (exact) mass is 262 g/mol. The Bertz CT molecular complexity index is 532. The molecule has 0 aliphatic heterocycles. The van der Waals surface area contributed by atoms with Gasteiger partial charge in [0, 0.05) is 0 Å². The lowest BCUT2D eigenvalue weighted by Crippen LogP contribution is -2.40. The van der Waals surface area contributed by atoms with Crippen molar-refractivity contribution in [1.29, 1.82) is 5.26 Å².